The molecule has 7 nitrogen and oxygen atoms in total. The zero-order valence-electron chi connectivity index (χ0n) is 14.5. The van der Waals surface area contributed by atoms with Crippen LogP contribution in [0.15, 0.2) is 54.6 Å². The number of rotatable bonds is 7. The van der Waals surface area contributed by atoms with E-state index in [0.29, 0.717) is 17.1 Å². The van der Waals surface area contributed by atoms with Crippen LogP contribution in [0.4, 0.5) is 5.69 Å². The lowest BCUT2D eigenvalue weighted by molar-refractivity contribution is -0.384. The lowest BCUT2D eigenvalue weighted by atomic mass is 10.2. The maximum atomic E-state index is 12.0. The first kappa shape index (κ1) is 20.1. The van der Waals surface area contributed by atoms with Crippen LogP contribution in [0.1, 0.15) is 11.1 Å². The van der Waals surface area contributed by atoms with Gasteiger partial charge in [-0.1, -0.05) is 23.7 Å². The minimum Gasteiger partial charge on any atom is -0.452 e. The monoisotopic (exact) mass is 388 g/mol. The van der Waals surface area contributed by atoms with Gasteiger partial charge in [0.25, 0.3) is 11.6 Å². The average Bonchev–Trinajstić information content (AvgIpc) is 2.64. The van der Waals surface area contributed by atoms with E-state index in [-0.39, 0.29) is 18.2 Å². The second-order valence-corrected chi connectivity index (χ2v) is 6.11. The van der Waals surface area contributed by atoms with E-state index in [9.17, 15) is 19.7 Å². The van der Waals surface area contributed by atoms with E-state index < -0.39 is 10.9 Å². The minimum absolute atomic E-state index is 0.0388. The first-order valence-corrected chi connectivity index (χ1v) is 8.30. The molecule has 0 bridgehead atoms. The fourth-order valence-corrected chi connectivity index (χ4v) is 2.37. The molecule has 0 radical (unpaired) electrons. The maximum absolute atomic E-state index is 12.0. The van der Waals surface area contributed by atoms with Crippen LogP contribution >= 0.6 is 11.6 Å². The molecule has 0 aliphatic carbocycles. The van der Waals surface area contributed by atoms with Crippen molar-refractivity contribution in [2.75, 3.05) is 13.7 Å². The Morgan fingerprint density at radius 2 is 1.93 bits per heavy atom. The number of esters is 1. The van der Waals surface area contributed by atoms with Crippen LogP contribution in [-0.2, 0) is 20.9 Å². The summed E-state index contributed by atoms with van der Waals surface area (Å²) >= 11 is 5.91. The highest BCUT2D eigenvalue weighted by Crippen LogP contribution is 2.13. The summed E-state index contributed by atoms with van der Waals surface area (Å²) in [5.74, 6) is -1.04. The molecular formula is C19H17ClN2O5. The number of hydrogen-bond acceptors (Lipinski definition) is 5. The van der Waals surface area contributed by atoms with Crippen molar-refractivity contribution in [3.05, 3.63) is 80.9 Å². The molecule has 0 unspecified atom stereocenters. The molecule has 0 aromatic heterocycles. The predicted octanol–water partition coefficient (Wildman–Crippen LogP) is 3.46. The van der Waals surface area contributed by atoms with E-state index >= 15 is 0 Å². The van der Waals surface area contributed by atoms with E-state index in [2.05, 4.69) is 0 Å². The molecule has 0 spiro atoms. The normalized spacial score (nSPS) is 10.6. The number of non-ortho nitro benzene ring substituents is 1. The summed E-state index contributed by atoms with van der Waals surface area (Å²) in [4.78, 5) is 35.3. The Kier molecular flexibility index (Phi) is 7.08. The largest absolute Gasteiger partial charge is 0.452 e. The number of hydrogen-bond donors (Lipinski definition) is 0. The third kappa shape index (κ3) is 6.56. The van der Waals surface area contributed by atoms with E-state index in [0.717, 1.165) is 11.6 Å². The molecule has 0 atom stereocenters. The predicted molar refractivity (Wildman–Crippen MR) is 101 cm³/mol. The van der Waals surface area contributed by atoms with Crippen LogP contribution in [0, 0.1) is 10.1 Å². The summed E-state index contributed by atoms with van der Waals surface area (Å²) in [6.07, 6.45) is 2.61. The minimum atomic E-state index is -0.683. The molecule has 27 heavy (non-hydrogen) atoms. The van der Waals surface area contributed by atoms with Gasteiger partial charge >= 0.3 is 5.97 Å². The summed E-state index contributed by atoms with van der Waals surface area (Å²) in [6, 6.07) is 12.8. The molecule has 2 rings (SSSR count). The van der Waals surface area contributed by atoms with Crippen molar-refractivity contribution in [1.29, 1.82) is 0 Å². The molecule has 8 heteroatoms. The number of ether oxygens (including phenoxy) is 1. The SMILES string of the molecule is CN(Cc1cccc(Cl)c1)C(=O)COC(=O)/C=C/c1ccc([N+](=O)[O-])cc1. The smallest absolute Gasteiger partial charge is 0.331 e. The quantitative estimate of drug-likeness (QED) is 0.313. The van der Waals surface area contributed by atoms with Gasteiger partial charge in [0.1, 0.15) is 0 Å². The first-order chi connectivity index (χ1) is 12.8. The van der Waals surface area contributed by atoms with Crippen LogP contribution in [0.5, 0.6) is 0 Å². The molecule has 0 aliphatic heterocycles. The van der Waals surface area contributed by atoms with E-state index in [1.165, 1.54) is 35.2 Å². The molecule has 0 N–H and O–H groups in total. The fraction of sp³-hybridized carbons (Fsp3) is 0.158. The Labute approximate surface area is 161 Å². The Bertz CT molecular complexity index is 865. The molecule has 140 valence electrons. The van der Waals surface area contributed by atoms with Gasteiger partial charge in [0, 0.05) is 36.8 Å². The third-order valence-electron chi connectivity index (χ3n) is 3.59. The van der Waals surface area contributed by atoms with Crippen molar-refractivity contribution >= 4 is 35.2 Å². The molecule has 2 aromatic rings. The standard InChI is InChI=1S/C19H17ClN2O5/c1-21(12-15-3-2-4-16(20)11-15)18(23)13-27-19(24)10-7-14-5-8-17(9-6-14)22(25)26/h2-11H,12-13H2,1H3/b10-7+. The fourth-order valence-electron chi connectivity index (χ4n) is 2.16. The summed E-state index contributed by atoms with van der Waals surface area (Å²) in [6.45, 7) is -0.0456. The highest BCUT2D eigenvalue weighted by Gasteiger charge is 2.11. The Morgan fingerprint density at radius 1 is 1.22 bits per heavy atom. The van der Waals surface area contributed by atoms with Gasteiger partial charge in [-0.3, -0.25) is 14.9 Å². The van der Waals surface area contributed by atoms with Crippen molar-refractivity contribution in [2.45, 2.75) is 6.54 Å². The zero-order chi connectivity index (χ0) is 19.8. The molecule has 0 saturated carbocycles. The summed E-state index contributed by atoms with van der Waals surface area (Å²) in [5, 5.41) is 11.2. The van der Waals surface area contributed by atoms with Crippen LogP contribution < -0.4 is 0 Å². The van der Waals surface area contributed by atoms with Gasteiger partial charge in [-0.05, 0) is 41.5 Å². The van der Waals surface area contributed by atoms with Gasteiger partial charge in [0.05, 0.1) is 4.92 Å². The van der Waals surface area contributed by atoms with E-state index in [1.54, 1.807) is 25.2 Å². The molecule has 0 aliphatic rings. The van der Waals surface area contributed by atoms with Crippen molar-refractivity contribution in [3.63, 3.8) is 0 Å². The Morgan fingerprint density at radius 3 is 2.56 bits per heavy atom. The summed E-state index contributed by atoms with van der Waals surface area (Å²) < 4.78 is 4.92. The number of nitro benzene ring substituents is 1. The lowest BCUT2D eigenvalue weighted by Crippen LogP contribution is -2.30. The molecule has 2 aromatic carbocycles. The van der Waals surface area contributed by atoms with Crippen molar-refractivity contribution < 1.29 is 19.2 Å². The lowest BCUT2D eigenvalue weighted by Gasteiger charge is -2.17. The number of halogens is 1. The van der Waals surface area contributed by atoms with Gasteiger partial charge in [-0.15, -0.1) is 0 Å². The van der Waals surface area contributed by atoms with Gasteiger partial charge < -0.3 is 9.64 Å². The number of benzene rings is 2. The molecule has 0 fully saturated rings. The van der Waals surface area contributed by atoms with Gasteiger partial charge in [-0.2, -0.15) is 0 Å². The van der Waals surface area contributed by atoms with Gasteiger partial charge in [0.15, 0.2) is 6.61 Å². The number of carbonyl (C=O) groups is 2. The zero-order valence-corrected chi connectivity index (χ0v) is 15.3. The molecular weight excluding hydrogens is 372 g/mol. The second-order valence-electron chi connectivity index (χ2n) is 5.67. The maximum Gasteiger partial charge on any atom is 0.331 e. The van der Waals surface area contributed by atoms with E-state index in [1.807, 2.05) is 6.07 Å². The van der Waals surface area contributed by atoms with Crippen LogP contribution in [0.3, 0.4) is 0 Å². The van der Waals surface area contributed by atoms with Gasteiger partial charge in [-0.25, -0.2) is 4.79 Å². The first-order valence-electron chi connectivity index (χ1n) is 7.93. The number of nitrogens with zero attached hydrogens (tertiary/aromatic N) is 2. The number of nitro groups is 1. The average molecular weight is 389 g/mol. The molecule has 1 amide bonds. The molecule has 0 saturated heterocycles. The van der Waals surface area contributed by atoms with Crippen LogP contribution in [-0.4, -0.2) is 35.4 Å². The van der Waals surface area contributed by atoms with Crippen molar-refractivity contribution in [2.24, 2.45) is 0 Å². The highest BCUT2D eigenvalue weighted by molar-refractivity contribution is 6.30. The van der Waals surface area contributed by atoms with Gasteiger partial charge in [0.2, 0.25) is 0 Å². The number of amides is 1. The Balaban J connectivity index is 1.81. The van der Waals surface area contributed by atoms with E-state index in [4.69, 9.17) is 16.3 Å². The Hall–Kier alpha value is -3.19. The number of carbonyl (C=O) groups excluding carboxylic acids is 2. The van der Waals surface area contributed by atoms with Crippen molar-refractivity contribution in [3.8, 4) is 0 Å². The highest BCUT2D eigenvalue weighted by atomic mass is 35.5. The van der Waals surface area contributed by atoms with Crippen LogP contribution in [0.25, 0.3) is 6.08 Å². The summed E-state index contributed by atoms with van der Waals surface area (Å²) in [7, 11) is 1.60. The van der Waals surface area contributed by atoms with Crippen molar-refractivity contribution in [1.82, 2.24) is 4.90 Å². The summed E-state index contributed by atoms with van der Waals surface area (Å²) in [5.41, 5.74) is 1.42. The van der Waals surface area contributed by atoms with Crippen LogP contribution in [0.2, 0.25) is 5.02 Å². The topological polar surface area (TPSA) is 89.8 Å². The molecule has 0 heterocycles. The third-order valence-corrected chi connectivity index (χ3v) is 3.82. The second kappa shape index (κ2) is 9.49. The number of likely N-dealkylation sites (N-methyl/N-ethyl adjacent to an activating group) is 1.